The van der Waals surface area contributed by atoms with Crippen LogP contribution in [0.3, 0.4) is 0 Å². The molecule has 27 heavy (non-hydrogen) atoms. The highest BCUT2D eigenvalue weighted by molar-refractivity contribution is 7.98. The summed E-state index contributed by atoms with van der Waals surface area (Å²) in [5.41, 5.74) is 1.48. The van der Waals surface area contributed by atoms with E-state index in [2.05, 4.69) is 49.5 Å². The van der Waals surface area contributed by atoms with E-state index in [4.69, 9.17) is 4.74 Å². The van der Waals surface area contributed by atoms with Crippen LogP contribution in [0.2, 0.25) is 0 Å². The molecule has 3 unspecified atom stereocenters. The molecule has 2 aromatic carbocycles. The van der Waals surface area contributed by atoms with Crippen LogP contribution in [0.5, 0.6) is 0 Å². The predicted molar refractivity (Wildman–Crippen MR) is 113 cm³/mol. The maximum absolute atomic E-state index is 11.8. The topological polar surface area (TPSA) is 32.7 Å². The average molecular weight is 386 g/mol. The highest BCUT2D eigenvalue weighted by Gasteiger charge is 2.44. The van der Waals surface area contributed by atoms with Gasteiger partial charge < -0.3 is 14.7 Å². The number of hydrogen-bond donors (Lipinski definition) is 1. The smallest absolute Gasteiger partial charge is 0.0949 e. The predicted octanol–water partition coefficient (Wildman–Crippen LogP) is 4.54. The van der Waals surface area contributed by atoms with Crippen molar-refractivity contribution < 1.29 is 9.84 Å². The van der Waals surface area contributed by atoms with Gasteiger partial charge in [0.1, 0.15) is 0 Å². The monoisotopic (exact) mass is 385 g/mol. The molecule has 1 aliphatic carbocycles. The molecular weight excluding hydrogens is 354 g/mol. The van der Waals surface area contributed by atoms with Crippen LogP contribution in [-0.2, 0) is 16.9 Å². The Balaban J connectivity index is 1.76. The second-order valence-corrected chi connectivity index (χ2v) is 8.62. The van der Waals surface area contributed by atoms with Crippen LogP contribution in [0.4, 0.5) is 0 Å². The standard InChI is InChI=1S/C23H31NO2S/c1-24(2)16-19-15-20(26-17-18-9-5-4-6-10-18)13-14-23(19,25)21-11-7-8-12-22(21)27-3/h4-12,19-20,25H,13-17H2,1-3H3. The van der Waals surface area contributed by atoms with Gasteiger partial charge >= 0.3 is 0 Å². The summed E-state index contributed by atoms with van der Waals surface area (Å²) in [6.07, 6.45) is 4.78. The molecule has 0 amide bonds. The Bertz CT molecular complexity index is 721. The molecule has 3 atom stereocenters. The van der Waals surface area contributed by atoms with Crippen molar-refractivity contribution in [2.75, 3.05) is 26.9 Å². The van der Waals surface area contributed by atoms with Crippen LogP contribution in [-0.4, -0.2) is 43.0 Å². The number of thioether (sulfide) groups is 1. The van der Waals surface area contributed by atoms with Gasteiger partial charge in [0.2, 0.25) is 0 Å². The Morgan fingerprint density at radius 1 is 1.11 bits per heavy atom. The molecule has 0 saturated heterocycles. The number of benzene rings is 2. The lowest BCUT2D eigenvalue weighted by Crippen LogP contribution is -2.47. The van der Waals surface area contributed by atoms with Crippen molar-refractivity contribution >= 4 is 11.8 Å². The first kappa shape index (κ1) is 20.4. The van der Waals surface area contributed by atoms with Crippen molar-refractivity contribution in [3.63, 3.8) is 0 Å². The molecule has 0 radical (unpaired) electrons. The Kier molecular flexibility index (Phi) is 6.99. The second kappa shape index (κ2) is 9.24. The van der Waals surface area contributed by atoms with Crippen molar-refractivity contribution in [3.05, 3.63) is 65.7 Å². The summed E-state index contributed by atoms with van der Waals surface area (Å²) in [7, 11) is 4.16. The first-order valence-electron chi connectivity index (χ1n) is 9.69. The fourth-order valence-electron chi connectivity index (χ4n) is 4.18. The van der Waals surface area contributed by atoms with Crippen molar-refractivity contribution in [3.8, 4) is 0 Å². The van der Waals surface area contributed by atoms with Crippen LogP contribution in [0.25, 0.3) is 0 Å². The zero-order valence-electron chi connectivity index (χ0n) is 16.6. The molecule has 2 aromatic rings. The van der Waals surface area contributed by atoms with Crippen molar-refractivity contribution in [1.82, 2.24) is 4.90 Å². The molecule has 146 valence electrons. The highest BCUT2D eigenvalue weighted by atomic mass is 32.2. The fraction of sp³-hybridized carbons (Fsp3) is 0.478. The number of nitrogens with zero attached hydrogens (tertiary/aromatic N) is 1. The van der Waals surface area contributed by atoms with Gasteiger partial charge in [-0.1, -0.05) is 48.5 Å². The summed E-state index contributed by atoms with van der Waals surface area (Å²) < 4.78 is 6.23. The summed E-state index contributed by atoms with van der Waals surface area (Å²) in [5.74, 6) is 0.148. The third-order valence-corrected chi connectivity index (χ3v) is 6.35. The van der Waals surface area contributed by atoms with Crippen molar-refractivity contribution in [2.24, 2.45) is 5.92 Å². The summed E-state index contributed by atoms with van der Waals surface area (Å²) in [4.78, 5) is 3.35. The molecule has 1 saturated carbocycles. The van der Waals surface area contributed by atoms with Crippen LogP contribution in [0.1, 0.15) is 30.4 Å². The van der Waals surface area contributed by atoms with E-state index in [1.54, 1.807) is 11.8 Å². The summed E-state index contributed by atoms with van der Waals surface area (Å²) >= 11 is 1.71. The minimum absolute atomic E-state index is 0.148. The molecule has 4 heteroatoms. The zero-order valence-corrected chi connectivity index (χ0v) is 17.4. The molecule has 3 rings (SSSR count). The second-order valence-electron chi connectivity index (χ2n) is 7.78. The number of hydrogen-bond acceptors (Lipinski definition) is 4. The van der Waals surface area contributed by atoms with Gasteiger partial charge in [-0.15, -0.1) is 11.8 Å². The maximum Gasteiger partial charge on any atom is 0.0949 e. The zero-order chi connectivity index (χ0) is 19.3. The van der Waals surface area contributed by atoms with E-state index < -0.39 is 5.60 Å². The fourth-order valence-corrected chi connectivity index (χ4v) is 4.86. The van der Waals surface area contributed by atoms with Gasteiger partial charge in [0, 0.05) is 17.4 Å². The lowest BCUT2D eigenvalue weighted by Gasteiger charge is -2.45. The largest absolute Gasteiger partial charge is 0.385 e. The van der Waals surface area contributed by atoms with Crippen LogP contribution < -0.4 is 0 Å². The van der Waals surface area contributed by atoms with Gasteiger partial charge in [0.05, 0.1) is 18.3 Å². The molecule has 1 N–H and O–H groups in total. The molecule has 3 nitrogen and oxygen atoms in total. The Morgan fingerprint density at radius 3 is 2.52 bits per heavy atom. The minimum atomic E-state index is -0.795. The van der Waals surface area contributed by atoms with Gasteiger partial charge in [0.15, 0.2) is 0 Å². The average Bonchev–Trinajstić information content (AvgIpc) is 2.69. The minimum Gasteiger partial charge on any atom is -0.385 e. The quantitative estimate of drug-likeness (QED) is 0.709. The molecular formula is C23H31NO2S. The lowest BCUT2D eigenvalue weighted by atomic mass is 9.70. The molecule has 1 fully saturated rings. The van der Waals surface area contributed by atoms with Gasteiger partial charge in [-0.3, -0.25) is 0 Å². The molecule has 0 heterocycles. The maximum atomic E-state index is 11.8. The molecule has 1 aliphatic rings. The van der Waals surface area contributed by atoms with E-state index in [-0.39, 0.29) is 12.0 Å². The molecule has 0 aliphatic heterocycles. The Morgan fingerprint density at radius 2 is 1.81 bits per heavy atom. The van der Waals surface area contributed by atoms with Crippen molar-refractivity contribution in [1.29, 1.82) is 0 Å². The van der Waals surface area contributed by atoms with Crippen molar-refractivity contribution in [2.45, 2.75) is 42.5 Å². The van der Waals surface area contributed by atoms with Gasteiger partial charge in [-0.05, 0) is 56.8 Å². The number of aliphatic hydroxyl groups is 1. The summed E-state index contributed by atoms with van der Waals surface area (Å²) in [6, 6.07) is 18.6. The highest BCUT2D eigenvalue weighted by Crippen LogP contribution is 2.45. The third kappa shape index (κ3) is 4.94. The first-order chi connectivity index (χ1) is 13.0. The number of rotatable bonds is 7. The van der Waals surface area contributed by atoms with Gasteiger partial charge in [-0.25, -0.2) is 0 Å². The Hall–Kier alpha value is -1.33. The SMILES string of the molecule is CSc1ccccc1C1(O)CCC(OCc2ccccc2)CC1CN(C)C. The van der Waals surface area contributed by atoms with E-state index in [1.807, 2.05) is 30.3 Å². The van der Waals surface area contributed by atoms with E-state index in [1.165, 1.54) is 10.5 Å². The van der Waals surface area contributed by atoms with Crippen LogP contribution >= 0.6 is 11.8 Å². The van der Waals surface area contributed by atoms with E-state index in [0.717, 1.165) is 31.4 Å². The molecule has 0 bridgehead atoms. The van der Waals surface area contributed by atoms with Gasteiger partial charge in [-0.2, -0.15) is 0 Å². The van der Waals surface area contributed by atoms with Crippen LogP contribution in [0.15, 0.2) is 59.5 Å². The first-order valence-corrected chi connectivity index (χ1v) is 10.9. The molecule has 0 spiro atoms. The van der Waals surface area contributed by atoms with E-state index in [0.29, 0.717) is 6.61 Å². The van der Waals surface area contributed by atoms with E-state index in [9.17, 15) is 5.11 Å². The molecule has 0 aromatic heterocycles. The summed E-state index contributed by atoms with van der Waals surface area (Å²) in [5, 5.41) is 11.8. The Labute approximate surface area is 167 Å². The van der Waals surface area contributed by atoms with Gasteiger partial charge in [0.25, 0.3) is 0 Å². The third-order valence-electron chi connectivity index (χ3n) is 5.56. The van der Waals surface area contributed by atoms with E-state index >= 15 is 0 Å². The summed E-state index contributed by atoms with van der Waals surface area (Å²) in [6.45, 7) is 1.49. The lowest BCUT2D eigenvalue weighted by molar-refractivity contribution is -0.112. The number of ether oxygens (including phenoxy) is 1. The normalized spacial score (nSPS) is 25.7. The van der Waals surface area contributed by atoms with Crippen LogP contribution in [0, 0.1) is 5.92 Å².